The average Bonchev–Trinajstić information content (AvgIpc) is 3.44. The van der Waals surface area contributed by atoms with E-state index in [1.54, 1.807) is 24.3 Å². The van der Waals surface area contributed by atoms with Gasteiger partial charge in [-0.1, -0.05) is 94.2 Å². The Morgan fingerprint density at radius 3 is 2.38 bits per heavy atom. The van der Waals surface area contributed by atoms with Crippen molar-refractivity contribution < 1.29 is 32.0 Å². The third-order valence-corrected chi connectivity index (χ3v) is 7.24. The summed E-state index contributed by atoms with van der Waals surface area (Å²) in [6.07, 6.45) is -4.28. The summed E-state index contributed by atoms with van der Waals surface area (Å²) in [5.41, 5.74) is -1.87. The highest BCUT2D eigenvalue weighted by atomic mass is 35.5. The fourth-order valence-electron chi connectivity index (χ4n) is 4.60. The molecule has 4 aromatic rings. The maximum absolute atomic E-state index is 14.5. The first-order valence-electron chi connectivity index (χ1n) is 12.6. The van der Waals surface area contributed by atoms with Crippen LogP contribution in [0.4, 0.5) is 17.6 Å². The van der Waals surface area contributed by atoms with Crippen LogP contribution in [-0.4, -0.2) is 30.6 Å². The predicted molar refractivity (Wildman–Crippen MR) is 152 cm³/mol. The fraction of sp³-hybridized carbons (Fsp3) is 0.167. The third-order valence-electron chi connectivity index (χ3n) is 6.69. The summed E-state index contributed by atoms with van der Waals surface area (Å²) in [4.78, 5) is 23.3. The molecule has 1 heterocycles. The molecule has 12 heteroatoms. The zero-order chi connectivity index (χ0) is 29.9. The van der Waals surface area contributed by atoms with Crippen molar-refractivity contribution in [2.75, 3.05) is 6.54 Å². The van der Waals surface area contributed by atoms with Crippen molar-refractivity contribution in [1.29, 1.82) is 0 Å². The van der Waals surface area contributed by atoms with E-state index in [2.05, 4.69) is 15.6 Å². The van der Waals surface area contributed by atoms with Crippen LogP contribution >= 0.6 is 23.2 Å². The molecule has 0 aromatic heterocycles. The summed E-state index contributed by atoms with van der Waals surface area (Å²) in [6.45, 7) is 0.364. The van der Waals surface area contributed by atoms with Gasteiger partial charge < -0.3 is 15.0 Å². The van der Waals surface area contributed by atoms with Crippen molar-refractivity contribution in [3.63, 3.8) is 0 Å². The Balaban J connectivity index is 1.35. The third kappa shape index (κ3) is 5.77. The summed E-state index contributed by atoms with van der Waals surface area (Å²) < 4.78 is 57.4. The van der Waals surface area contributed by atoms with E-state index in [1.165, 1.54) is 18.3 Å². The number of fused-ring (bicyclic) bond motifs is 1. The van der Waals surface area contributed by atoms with E-state index in [-0.39, 0.29) is 18.9 Å². The van der Waals surface area contributed by atoms with Crippen LogP contribution < -0.4 is 5.32 Å². The van der Waals surface area contributed by atoms with Crippen LogP contribution in [0.2, 0.25) is 10.0 Å². The smallest absolute Gasteiger partial charge is 0.391 e. The molecule has 1 aliphatic heterocycles. The molecule has 0 saturated carbocycles. The first-order valence-corrected chi connectivity index (χ1v) is 13.3. The molecule has 1 amide bonds. The Kier molecular flexibility index (Phi) is 8.38. The van der Waals surface area contributed by atoms with E-state index in [4.69, 9.17) is 32.9 Å². The number of hydrogen-bond donors (Lipinski definition) is 1. The lowest BCUT2D eigenvalue weighted by atomic mass is 9.85. The molecular weight excluding hydrogens is 597 g/mol. The molecule has 0 aliphatic carbocycles. The van der Waals surface area contributed by atoms with E-state index >= 15 is 0 Å². The number of nitrogens with one attached hydrogen (secondary N) is 1. The number of hydrogen-bond acceptors (Lipinski definition) is 5. The van der Waals surface area contributed by atoms with E-state index in [0.29, 0.717) is 21.9 Å². The Hall–Kier alpha value is -4.15. The minimum absolute atomic E-state index is 0.0187. The van der Waals surface area contributed by atoms with Crippen LogP contribution in [0.1, 0.15) is 33.5 Å². The van der Waals surface area contributed by atoms with Crippen molar-refractivity contribution in [3.8, 4) is 0 Å². The highest BCUT2D eigenvalue weighted by Crippen LogP contribution is 2.50. The number of halogens is 6. The molecule has 0 bridgehead atoms. The van der Waals surface area contributed by atoms with Crippen LogP contribution in [0.25, 0.3) is 10.8 Å². The maximum Gasteiger partial charge on any atom is 0.435 e. The Morgan fingerprint density at radius 1 is 1.02 bits per heavy atom. The summed E-state index contributed by atoms with van der Waals surface area (Å²) >= 11 is 11.6. The topological polar surface area (TPSA) is 72.3 Å². The van der Waals surface area contributed by atoms with Gasteiger partial charge in [-0.2, -0.15) is 13.2 Å². The second-order valence-electron chi connectivity index (χ2n) is 9.35. The van der Waals surface area contributed by atoms with E-state index in [0.717, 1.165) is 17.7 Å². The van der Waals surface area contributed by atoms with Crippen LogP contribution in [-0.2, 0) is 21.9 Å². The highest BCUT2D eigenvalue weighted by Gasteiger charge is 2.62. The van der Waals surface area contributed by atoms with Gasteiger partial charge in [-0.05, 0) is 34.5 Å². The second kappa shape index (κ2) is 12.0. The molecular formula is C30H21Cl2F4N3O3. The molecule has 42 heavy (non-hydrogen) atoms. The summed E-state index contributed by atoms with van der Waals surface area (Å²) in [7, 11) is 0. The molecule has 0 fully saturated rings. The quantitative estimate of drug-likeness (QED) is 0.0949. The van der Waals surface area contributed by atoms with Gasteiger partial charge in [0, 0.05) is 23.1 Å². The van der Waals surface area contributed by atoms with Gasteiger partial charge in [-0.15, -0.1) is 0 Å². The largest absolute Gasteiger partial charge is 0.435 e. The zero-order valence-electron chi connectivity index (χ0n) is 21.6. The van der Waals surface area contributed by atoms with Gasteiger partial charge in [0.2, 0.25) is 0 Å². The lowest BCUT2D eigenvalue weighted by Gasteiger charge is -2.29. The number of rotatable bonds is 8. The van der Waals surface area contributed by atoms with Crippen molar-refractivity contribution in [3.05, 3.63) is 117 Å². The molecule has 1 aliphatic rings. The van der Waals surface area contributed by atoms with Crippen molar-refractivity contribution in [2.45, 2.75) is 24.8 Å². The zero-order valence-corrected chi connectivity index (χ0v) is 23.1. The van der Waals surface area contributed by atoms with Crippen LogP contribution in [0.15, 0.2) is 89.2 Å². The van der Waals surface area contributed by atoms with Gasteiger partial charge in [0.15, 0.2) is 5.82 Å². The number of benzene rings is 4. The maximum atomic E-state index is 14.5. The first kappa shape index (κ1) is 29.3. The molecule has 1 N–H and O–H groups in total. The number of carbonyl (C=O) groups is 1. The Labute approximate surface area is 247 Å². The van der Waals surface area contributed by atoms with Gasteiger partial charge in [0.25, 0.3) is 11.5 Å². The molecule has 1 unspecified atom stereocenters. The monoisotopic (exact) mass is 617 g/mol. The van der Waals surface area contributed by atoms with E-state index in [9.17, 15) is 22.4 Å². The van der Waals surface area contributed by atoms with Crippen LogP contribution in [0.5, 0.6) is 0 Å². The van der Waals surface area contributed by atoms with Crippen LogP contribution in [0, 0.1) is 5.82 Å². The van der Waals surface area contributed by atoms with Gasteiger partial charge in [-0.3, -0.25) is 4.79 Å². The van der Waals surface area contributed by atoms with Gasteiger partial charge in [0.05, 0.1) is 28.5 Å². The van der Waals surface area contributed by atoms with E-state index in [1.807, 2.05) is 30.3 Å². The lowest BCUT2D eigenvalue weighted by Crippen LogP contribution is -2.42. The molecule has 1 atom stereocenters. The minimum atomic E-state index is -4.95. The van der Waals surface area contributed by atoms with Crippen molar-refractivity contribution in [1.82, 2.24) is 5.32 Å². The fourth-order valence-corrected chi connectivity index (χ4v) is 5.08. The SMILES string of the molecule is O=C(NC/C=N\OCc1ccccc1)c1ccc(C2=NOC(c3cc(Cl)c(F)c(Cl)c3)(C(F)(F)F)C2)c2ccccc12. The van der Waals surface area contributed by atoms with Gasteiger partial charge in [-0.25, -0.2) is 4.39 Å². The number of oxime groups is 2. The standard InChI is InChI=1S/C30H21Cl2F4N3O3/c31-24-14-19(15-25(32)27(24)33)29(30(34,35)36)16-26(39-42-29)22-10-11-23(21-9-5-4-8-20(21)22)28(40)37-12-13-38-41-17-18-6-2-1-3-7-18/h1-11,13-15H,12,16-17H2,(H,37,40)/b38-13-. The Morgan fingerprint density at radius 2 is 1.69 bits per heavy atom. The number of nitrogens with zero attached hydrogens (tertiary/aromatic N) is 2. The molecule has 0 radical (unpaired) electrons. The van der Waals surface area contributed by atoms with Crippen LogP contribution in [0.3, 0.4) is 0 Å². The minimum Gasteiger partial charge on any atom is -0.391 e. The van der Waals surface area contributed by atoms with E-state index < -0.39 is 45.5 Å². The predicted octanol–water partition coefficient (Wildman–Crippen LogP) is 7.80. The lowest BCUT2D eigenvalue weighted by molar-refractivity contribution is -0.275. The highest BCUT2D eigenvalue weighted by molar-refractivity contribution is 6.35. The second-order valence-corrected chi connectivity index (χ2v) is 10.2. The molecule has 0 spiro atoms. The Bertz CT molecular complexity index is 1670. The summed E-state index contributed by atoms with van der Waals surface area (Å²) in [5.74, 6) is -1.46. The normalized spacial score (nSPS) is 16.9. The number of carbonyl (C=O) groups excluding carboxylic acids is 1. The summed E-state index contributed by atoms with van der Waals surface area (Å²) in [6, 6.07) is 20.9. The molecule has 0 saturated heterocycles. The molecule has 6 nitrogen and oxygen atoms in total. The first-order chi connectivity index (χ1) is 20.1. The van der Waals surface area contributed by atoms with Gasteiger partial charge >= 0.3 is 6.18 Å². The van der Waals surface area contributed by atoms with Crippen molar-refractivity contribution >= 4 is 51.8 Å². The number of amides is 1. The molecule has 5 rings (SSSR count). The molecule has 216 valence electrons. The molecule has 4 aromatic carbocycles. The number of alkyl halides is 3. The summed E-state index contributed by atoms with van der Waals surface area (Å²) in [5, 5.41) is 10.2. The van der Waals surface area contributed by atoms with Gasteiger partial charge in [0.1, 0.15) is 6.61 Å². The van der Waals surface area contributed by atoms with Crippen molar-refractivity contribution in [2.24, 2.45) is 10.3 Å². The average molecular weight is 618 g/mol.